The molecule has 1 amide bonds. The molecule has 0 radical (unpaired) electrons. The number of alkyl halides is 2. The van der Waals surface area contributed by atoms with Crippen LogP contribution < -0.4 is 5.73 Å². The van der Waals surface area contributed by atoms with Crippen LogP contribution in [0.5, 0.6) is 0 Å². The van der Waals surface area contributed by atoms with Crippen molar-refractivity contribution in [3.63, 3.8) is 0 Å². The average Bonchev–Trinajstić information content (AvgIpc) is 2.37. The summed E-state index contributed by atoms with van der Waals surface area (Å²) in [4.78, 5) is 16.9. The van der Waals surface area contributed by atoms with Gasteiger partial charge < -0.3 is 15.4 Å². The highest BCUT2D eigenvalue weighted by atomic mass is 79.9. The highest BCUT2D eigenvalue weighted by Crippen LogP contribution is 2.31. The van der Waals surface area contributed by atoms with E-state index in [1.807, 2.05) is 0 Å². The number of nitrogens with zero attached hydrogens (tertiary/aromatic N) is 2. The molecule has 1 aliphatic heterocycles. The maximum Gasteiger partial charge on any atom is 0.410 e. The normalized spacial score (nSPS) is 23.4. The molecule has 0 aliphatic carbocycles. The van der Waals surface area contributed by atoms with Gasteiger partial charge in [0, 0.05) is 18.5 Å². The van der Waals surface area contributed by atoms with Crippen LogP contribution in [0.25, 0.3) is 0 Å². The fraction of sp³-hybridized carbons (Fsp3) is 0.714. The molecule has 8 heteroatoms. The van der Waals surface area contributed by atoms with Crippen molar-refractivity contribution >= 4 is 27.7 Å². The van der Waals surface area contributed by atoms with Gasteiger partial charge in [0.05, 0.1) is 11.0 Å². The lowest BCUT2D eigenvalue weighted by Gasteiger charge is -2.37. The number of halogens is 3. The van der Waals surface area contributed by atoms with Crippen molar-refractivity contribution in [2.75, 3.05) is 13.1 Å². The second-order valence-corrected chi connectivity index (χ2v) is 7.05. The van der Waals surface area contributed by atoms with E-state index in [1.54, 1.807) is 27.7 Å². The van der Waals surface area contributed by atoms with E-state index in [0.717, 1.165) is 4.90 Å². The molecule has 0 aromatic carbocycles. The zero-order valence-electron chi connectivity index (χ0n) is 13.2. The Morgan fingerprint density at radius 2 is 2.09 bits per heavy atom. The first-order chi connectivity index (χ1) is 9.96. The van der Waals surface area contributed by atoms with Crippen LogP contribution in [0, 0.1) is 0 Å². The van der Waals surface area contributed by atoms with Crippen LogP contribution in [-0.4, -0.2) is 47.4 Å². The van der Waals surface area contributed by atoms with Gasteiger partial charge in [-0.2, -0.15) is 0 Å². The maximum absolute atomic E-state index is 14.2. The second kappa shape index (κ2) is 6.93. The van der Waals surface area contributed by atoms with E-state index in [1.165, 1.54) is 6.20 Å². The Balaban J connectivity index is 2.80. The monoisotopic (exact) mass is 381 g/mol. The molecule has 0 bridgehead atoms. The number of aliphatic imine (C=N–C) groups is 1. The standard InChI is InChI=1S/C14H22BrF2N3O2/c1-9(10(15)7-18)19-11-5-6-20(8-14(11,16)17)12(21)22-13(2,3)4/h7,11H,5-6,8,18H2,1-4H3/b10-7+,19-9?. The quantitative estimate of drug-likeness (QED) is 0.746. The first-order valence-electron chi connectivity index (χ1n) is 6.94. The number of nitrogens with two attached hydrogens (primary N) is 1. The Kier molecular flexibility index (Phi) is 5.95. The van der Waals surface area contributed by atoms with Gasteiger partial charge in [-0.15, -0.1) is 0 Å². The van der Waals surface area contributed by atoms with Gasteiger partial charge in [0.15, 0.2) is 0 Å². The maximum atomic E-state index is 14.2. The average molecular weight is 382 g/mol. The van der Waals surface area contributed by atoms with Gasteiger partial charge in [0.25, 0.3) is 5.92 Å². The number of carbonyl (C=O) groups is 1. The molecule has 0 aromatic rings. The molecule has 2 N–H and O–H groups in total. The van der Waals surface area contributed by atoms with Gasteiger partial charge in [-0.25, -0.2) is 13.6 Å². The molecule has 0 aromatic heterocycles. The predicted octanol–water partition coefficient (Wildman–Crippen LogP) is 3.29. The van der Waals surface area contributed by atoms with E-state index in [2.05, 4.69) is 20.9 Å². The van der Waals surface area contributed by atoms with Gasteiger partial charge in [0.1, 0.15) is 11.6 Å². The van der Waals surface area contributed by atoms with Crippen molar-refractivity contribution in [3.05, 3.63) is 10.7 Å². The molecule has 1 rings (SSSR count). The van der Waals surface area contributed by atoms with E-state index in [9.17, 15) is 13.6 Å². The Bertz CT molecular complexity index is 487. The van der Waals surface area contributed by atoms with Gasteiger partial charge in [-0.3, -0.25) is 4.99 Å². The fourth-order valence-corrected chi connectivity index (χ4v) is 2.09. The zero-order valence-corrected chi connectivity index (χ0v) is 14.8. The van der Waals surface area contributed by atoms with Gasteiger partial charge in [-0.1, -0.05) is 0 Å². The Morgan fingerprint density at radius 1 is 1.50 bits per heavy atom. The molecular weight excluding hydrogens is 360 g/mol. The zero-order chi connectivity index (χ0) is 17.1. The molecule has 1 saturated heterocycles. The lowest BCUT2D eigenvalue weighted by Crippen LogP contribution is -2.53. The first-order valence-corrected chi connectivity index (χ1v) is 7.73. The summed E-state index contributed by atoms with van der Waals surface area (Å²) in [5, 5.41) is 0. The summed E-state index contributed by atoms with van der Waals surface area (Å²) < 4.78 is 34.0. The van der Waals surface area contributed by atoms with E-state index in [-0.39, 0.29) is 13.0 Å². The van der Waals surface area contributed by atoms with E-state index < -0.39 is 30.2 Å². The van der Waals surface area contributed by atoms with Crippen LogP contribution in [0.1, 0.15) is 34.1 Å². The largest absolute Gasteiger partial charge is 0.444 e. The SMILES string of the molecule is CC(=NC1CCN(C(=O)OC(C)(C)C)CC1(F)F)/C(Br)=C\N. The van der Waals surface area contributed by atoms with Crippen molar-refractivity contribution < 1.29 is 18.3 Å². The Morgan fingerprint density at radius 3 is 2.55 bits per heavy atom. The number of amides is 1. The van der Waals surface area contributed by atoms with Crippen molar-refractivity contribution in [2.24, 2.45) is 10.7 Å². The summed E-state index contributed by atoms with van der Waals surface area (Å²) in [6.45, 7) is 6.16. The third-order valence-corrected chi connectivity index (χ3v) is 3.89. The topological polar surface area (TPSA) is 67.9 Å². The molecule has 22 heavy (non-hydrogen) atoms. The number of allylic oxidation sites excluding steroid dienone is 1. The summed E-state index contributed by atoms with van der Waals surface area (Å²) in [7, 11) is 0. The van der Waals surface area contributed by atoms with Crippen LogP contribution >= 0.6 is 15.9 Å². The van der Waals surface area contributed by atoms with Crippen LogP contribution in [0.15, 0.2) is 15.7 Å². The van der Waals surface area contributed by atoms with Crippen LogP contribution in [-0.2, 0) is 4.74 Å². The summed E-state index contributed by atoms with van der Waals surface area (Å²) in [6.07, 6.45) is 0.593. The molecule has 5 nitrogen and oxygen atoms in total. The molecular formula is C14H22BrF2N3O2. The minimum Gasteiger partial charge on any atom is -0.444 e. The van der Waals surface area contributed by atoms with Gasteiger partial charge >= 0.3 is 6.09 Å². The van der Waals surface area contributed by atoms with Gasteiger partial charge in [-0.05, 0) is 50.0 Å². The number of hydrogen-bond acceptors (Lipinski definition) is 4. The third-order valence-electron chi connectivity index (χ3n) is 3.05. The lowest BCUT2D eigenvalue weighted by atomic mass is 10.0. The minimum absolute atomic E-state index is 0.0639. The van der Waals surface area contributed by atoms with E-state index in [4.69, 9.17) is 10.5 Å². The van der Waals surface area contributed by atoms with Gasteiger partial charge in [0.2, 0.25) is 0 Å². The highest BCUT2D eigenvalue weighted by molar-refractivity contribution is 9.12. The number of piperidine rings is 1. The molecule has 0 spiro atoms. The summed E-state index contributed by atoms with van der Waals surface area (Å²) in [6, 6.07) is -1.18. The number of rotatable bonds is 2. The molecule has 1 heterocycles. The highest BCUT2D eigenvalue weighted by Gasteiger charge is 2.46. The number of likely N-dealkylation sites (tertiary alicyclic amines) is 1. The smallest absolute Gasteiger partial charge is 0.410 e. The summed E-state index contributed by atoms with van der Waals surface area (Å²) >= 11 is 3.15. The van der Waals surface area contributed by atoms with Crippen LogP contribution in [0.4, 0.5) is 13.6 Å². The number of ether oxygens (including phenoxy) is 1. The van der Waals surface area contributed by atoms with Crippen molar-refractivity contribution in [2.45, 2.75) is 51.7 Å². The molecule has 126 valence electrons. The molecule has 1 aliphatic rings. The van der Waals surface area contributed by atoms with Crippen LogP contribution in [0.2, 0.25) is 0 Å². The van der Waals surface area contributed by atoms with Crippen molar-refractivity contribution in [1.82, 2.24) is 4.90 Å². The van der Waals surface area contributed by atoms with Crippen LogP contribution in [0.3, 0.4) is 0 Å². The molecule has 1 atom stereocenters. The number of carbonyl (C=O) groups excluding carboxylic acids is 1. The minimum atomic E-state index is -3.11. The van der Waals surface area contributed by atoms with E-state index >= 15 is 0 Å². The lowest BCUT2D eigenvalue weighted by molar-refractivity contribution is -0.0814. The van der Waals surface area contributed by atoms with Crippen molar-refractivity contribution in [1.29, 1.82) is 0 Å². The summed E-state index contributed by atoms with van der Waals surface area (Å²) in [5.41, 5.74) is 5.01. The number of hydrogen-bond donors (Lipinski definition) is 1. The first kappa shape index (κ1) is 18.9. The second-order valence-electron chi connectivity index (χ2n) is 6.20. The summed E-state index contributed by atoms with van der Waals surface area (Å²) in [5.74, 6) is -3.11. The molecule has 1 fully saturated rings. The molecule has 1 unspecified atom stereocenters. The fourth-order valence-electron chi connectivity index (χ4n) is 1.99. The Hall–Kier alpha value is -1.18. The third kappa shape index (κ3) is 5.23. The molecule has 0 saturated carbocycles. The predicted molar refractivity (Wildman–Crippen MR) is 85.5 cm³/mol. The van der Waals surface area contributed by atoms with Crippen molar-refractivity contribution in [3.8, 4) is 0 Å². The van der Waals surface area contributed by atoms with E-state index in [0.29, 0.717) is 10.2 Å². The Labute approximate surface area is 137 Å².